The van der Waals surface area contributed by atoms with Crippen LogP contribution in [0.4, 0.5) is 0 Å². The predicted molar refractivity (Wildman–Crippen MR) is 130 cm³/mol. The third-order valence-corrected chi connectivity index (χ3v) is 6.22. The molecule has 0 aromatic carbocycles. The van der Waals surface area contributed by atoms with Gasteiger partial charge < -0.3 is 31.8 Å². The lowest BCUT2D eigenvalue weighted by Crippen LogP contribution is -2.58. The quantitative estimate of drug-likeness (QED) is 0.158. The lowest BCUT2D eigenvalue weighted by molar-refractivity contribution is -0.142. The van der Waals surface area contributed by atoms with Gasteiger partial charge in [0.25, 0.3) is 0 Å². The van der Waals surface area contributed by atoms with E-state index in [4.69, 9.17) is 5.73 Å². The minimum absolute atomic E-state index is 0.00574. The standard InChI is InChI=1S/C20H34N6O5S2/c1-4-11(2)16(21)19(29)24-13(5-6-33-3)17(27)26-15(9-32)18(28)25-14(20(30)31)7-12-8-22-10-23-12/h8,10-11,13-16,32H,4-7,9,21H2,1-3H3,(H,22,23)(H,24,29)(H,25,28)(H,26,27)(H,30,31). The van der Waals surface area contributed by atoms with Gasteiger partial charge in [0, 0.05) is 24.1 Å². The number of hydrogen-bond acceptors (Lipinski definition) is 8. The number of aliphatic carboxylic acids is 1. The molecule has 0 aliphatic carbocycles. The van der Waals surface area contributed by atoms with E-state index in [1.807, 2.05) is 20.1 Å². The van der Waals surface area contributed by atoms with E-state index in [0.29, 0.717) is 24.3 Å². The number of carbonyl (C=O) groups is 4. The van der Waals surface area contributed by atoms with E-state index >= 15 is 0 Å². The highest BCUT2D eigenvalue weighted by atomic mass is 32.2. The molecule has 11 nitrogen and oxygen atoms in total. The zero-order valence-corrected chi connectivity index (χ0v) is 20.7. The summed E-state index contributed by atoms with van der Waals surface area (Å²) in [6.45, 7) is 3.77. The number of H-pyrrole nitrogens is 1. The van der Waals surface area contributed by atoms with Gasteiger partial charge in [-0.15, -0.1) is 0 Å². The molecule has 1 aromatic rings. The second-order valence-corrected chi connectivity index (χ2v) is 9.03. The Morgan fingerprint density at radius 2 is 1.76 bits per heavy atom. The molecule has 33 heavy (non-hydrogen) atoms. The Balaban J connectivity index is 2.83. The van der Waals surface area contributed by atoms with Crippen molar-refractivity contribution in [3.8, 4) is 0 Å². The number of carbonyl (C=O) groups excluding carboxylic acids is 3. The number of nitrogens with one attached hydrogen (secondary N) is 4. The van der Waals surface area contributed by atoms with Gasteiger partial charge in [0.2, 0.25) is 17.7 Å². The van der Waals surface area contributed by atoms with E-state index in [9.17, 15) is 24.3 Å². The number of thioether (sulfide) groups is 1. The first kappa shape index (κ1) is 28.8. The van der Waals surface area contributed by atoms with E-state index in [1.54, 1.807) is 0 Å². The van der Waals surface area contributed by atoms with Gasteiger partial charge >= 0.3 is 5.97 Å². The zero-order valence-electron chi connectivity index (χ0n) is 19.0. The van der Waals surface area contributed by atoms with E-state index in [0.717, 1.165) is 0 Å². The van der Waals surface area contributed by atoms with Crippen molar-refractivity contribution in [1.29, 1.82) is 0 Å². The molecule has 1 aromatic heterocycles. The number of thiol groups is 1. The van der Waals surface area contributed by atoms with Crippen molar-refractivity contribution in [1.82, 2.24) is 25.9 Å². The molecular weight excluding hydrogens is 468 g/mol. The molecule has 0 bridgehead atoms. The van der Waals surface area contributed by atoms with Crippen molar-refractivity contribution in [3.63, 3.8) is 0 Å². The summed E-state index contributed by atoms with van der Waals surface area (Å²) in [5, 5.41) is 17.1. The normalized spacial score (nSPS) is 15.5. The summed E-state index contributed by atoms with van der Waals surface area (Å²) in [5.41, 5.74) is 6.51. The van der Waals surface area contributed by atoms with Crippen molar-refractivity contribution in [2.75, 3.05) is 17.8 Å². The molecule has 0 saturated heterocycles. The summed E-state index contributed by atoms with van der Waals surface area (Å²) in [6.07, 6.45) is 5.78. The number of amides is 3. The van der Waals surface area contributed by atoms with Gasteiger partial charge in [0.05, 0.1) is 12.4 Å². The topological polar surface area (TPSA) is 179 Å². The van der Waals surface area contributed by atoms with Gasteiger partial charge in [-0.2, -0.15) is 24.4 Å². The third kappa shape index (κ3) is 9.64. The molecule has 0 aliphatic rings. The molecule has 5 unspecified atom stereocenters. The lowest BCUT2D eigenvalue weighted by Gasteiger charge is -2.25. The Morgan fingerprint density at radius 1 is 1.15 bits per heavy atom. The Morgan fingerprint density at radius 3 is 2.27 bits per heavy atom. The predicted octanol–water partition coefficient (Wildman–Crippen LogP) is -0.452. The van der Waals surface area contributed by atoms with E-state index < -0.39 is 47.9 Å². The average Bonchev–Trinajstić information content (AvgIpc) is 3.31. The van der Waals surface area contributed by atoms with E-state index in [2.05, 4.69) is 38.5 Å². The fraction of sp³-hybridized carbons (Fsp3) is 0.650. The van der Waals surface area contributed by atoms with Crippen LogP contribution in [0.5, 0.6) is 0 Å². The Hall–Kier alpha value is -2.25. The first-order valence-corrected chi connectivity index (χ1v) is 12.6. The Bertz CT molecular complexity index is 779. The molecule has 3 amide bonds. The molecule has 1 rings (SSSR count). The van der Waals surface area contributed by atoms with Crippen LogP contribution >= 0.6 is 24.4 Å². The number of aromatic nitrogens is 2. The van der Waals surface area contributed by atoms with Crippen molar-refractivity contribution in [2.24, 2.45) is 11.7 Å². The molecule has 0 spiro atoms. The van der Waals surface area contributed by atoms with Gasteiger partial charge in [-0.25, -0.2) is 9.78 Å². The lowest BCUT2D eigenvalue weighted by atomic mass is 9.99. The molecule has 186 valence electrons. The van der Waals surface area contributed by atoms with Crippen molar-refractivity contribution in [2.45, 2.75) is 57.3 Å². The van der Waals surface area contributed by atoms with Crippen LogP contribution in [-0.4, -0.2) is 80.7 Å². The second kappa shape index (κ2) is 14.8. The fourth-order valence-corrected chi connectivity index (χ4v) is 3.57. The van der Waals surface area contributed by atoms with E-state index in [-0.39, 0.29) is 18.1 Å². The number of rotatable bonds is 15. The van der Waals surface area contributed by atoms with Crippen LogP contribution in [0, 0.1) is 5.92 Å². The van der Waals surface area contributed by atoms with Gasteiger partial charge in [-0.1, -0.05) is 20.3 Å². The Labute approximate surface area is 203 Å². The van der Waals surface area contributed by atoms with E-state index in [1.165, 1.54) is 24.3 Å². The van der Waals surface area contributed by atoms with Gasteiger partial charge in [0.1, 0.15) is 18.1 Å². The number of carboxylic acids is 1. The minimum atomic E-state index is -1.23. The first-order chi connectivity index (χ1) is 15.6. The smallest absolute Gasteiger partial charge is 0.326 e. The number of imidazole rings is 1. The monoisotopic (exact) mass is 502 g/mol. The number of hydrogen-bond donors (Lipinski definition) is 7. The second-order valence-electron chi connectivity index (χ2n) is 7.68. The molecule has 0 fully saturated rings. The number of nitrogens with two attached hydrogens (primary N) is 1. The number of aromatic amines is 1. The molecular formula is C20H34N6O5S2. The summed E-state index contributed by atoms with van der Waals surface area (Å²) in [5.74, 6) is -2.47. The maximum atomic E-state index is 12.9. The third-order valence-electron chi connectivity index (χ3n) is 5.21. The van der Waals surface area contributed by atoms with Crippen molar-refractivity contribution in [3.05, 3.63) is 18.2 Å². The summed E-state index contributed by atoms with van der Waals surface area (Å²) in [7, 11) is 0. The maximum absolute atomic E-state index is 12.9. The zero-order chi connectivity index (χ0) is 25.0. The molecule has 0 saturated carbocycles. The minimum Gasteiger partial charge on any atom is -0.480 e. The van der Waals surface area contributed by atoms with Crippen LogP contribution in [0.25, 0.3) is 0 Å². The van der Waals surface area contributed by atoms with Gasteiger partial charge in [0.15, 0.2) is 0 Å². The first-order valence-electron chi connectivity index (χ1n) is 10.6. The largest absolute Gasteiger partial charge is 0.480 e. The van der Waals surface area contributed by atoms with Crippen LogP contribution < -0.4 is 21.7 Å². The van der Waals surface area contributed by atoms with Crippen molar-refractivity contribution >= 4 is 48.1 Å². The summed E-state index contributed by atoms with van der Waals surface area (Å²) in [4.78, 5) is 56.2. The van der Waals surface area contributed by atoms with Gasteiger partial charge in [-0.3, -0.25) is 14.4 Å². The molecule has 13 heteroatoms. The summed E-state index contributed by atoms with van der Waals surface area (Å²) >= 11 is 5.63. The molecule has 1 heterocycles. The molecule has 7 N–H and O–H groups in total. The van der Waals surface area contributed by atoms with Crippen LogP contribution in [0.1, 0.15) is 32.4 Å². The Kier molecular flexibility index (Phi) is 12.9. The fourth-order valence-electron chi connectivity index (χ4n) is 2.84. The van der Waals surface area contributed by atoms with Crippen LogP contribution in [-0.2, 0) is 25.6 Å². The summed E-state index contributed by atoms with van der Waals surface area (Å²) < 4.78 is 0. The van der Waals surface area contributed by atoms with Crippen LogP contribution in [0.2, 0.25) is 0 Å². The SMILES string of the molecule is CCC(C)C(N)C(=O)NC(CCSC)C(=O)NC(CS)C(=O)NC(Cc1cnc[nH]1)C(=O)O. The van der Waals surface area contributed by atoms with Gasteiger partial charge in [-0.05, 0) is 24.3 Å². The highest BCUT2D eigenvalue weighted by Gasteiger charge is 2.30. The van der Waals surface area contributed by atoms with Crippen LogP contribution in [0.3, 0.4) is 0 Å². The number of carboxylic acid groups (broad SMARTS) is 1. The van der Waals surface area contributed by atoms with Crippen molar-refractivity contribution < 1.29 is 24.3 Å². The molecule has 0 aliphatic heterocycles. The average molecular weight is 503 g/mol. The highest BCUT2D eigenvalue weighted by molar-refractivity contribution is 7.98. The summed E-state index contributed by atoms with van der Waals surface area (Å²) in [6, 6.07) is -3.98. The molecule has 0 radical (unpaired) electrons. The highest BCUT2D eigenvalue weighted by Crippen LogP contribution is 2.08. The number of nitrogens with zero attached hydrogens (tertiary/aromatic N) is 1. The maximum Gasteiger partial charge on any atom is 0.326 e. The molecule has 5 atom stereocenters. The van der Waals surface area contributed by atoms with Crippen LogP contribution in [0.15, 0.2) is 12.5 Å².